The van der Waals surface area contributed by atoms with E-state index in [0.717, 1.165) is 11.4 Å². The van der Waals surface area contributed by atoms with Crippen molar-refractivity contribution < 1.29 is 14.7 Å². The second kappa shape index (κ2) is 7.04. The van der Waals surface area contributed by atoms with E-state index in [1.807, 2.05) is 13.8 Å². The molecular formula is C13H18N2O3S. The molecule has 1 atom stereocenters. The van der Waals surface area contributed by atoms with Gasteiger partial charge in [-0.25, -0.2) is 9.78 Å². The van der Waals surface area contributed by atoms with E-state index in [1.165, 1.54) is 11.3 Å². The summed E-state index contributed by atoms with van der Waals surface area (Å²) in [5.74, 6) is -1.41. The molecule has 0 aliphatic rings. The van der Waals surface area contributed by atoms with Crippen LogP contribution >= 0.6 is 11.3 Å². The maximum atomic E-state index is 12.0. The molecule has 1 unspecified atom stereocenters. The highest BCUT2D eigenvalue weighted by Gasteiger charge is 2.22. The lowest BCUT2D eigenvalue weighted by molar-refractivity contribution is -0.139. The average molecular weight is 282 g/mol. The number of aromatic nitrogens is 1. The summed E-state index contributed by atoms with van der Waals surface area (Å²) in [7, 11) is 0. The molecule has 0 aliphatic carbocycles. The van der Waals surface area contributed by atoms with Crippen LogP contribution in [-0.4, -0.2) is 28.0 Å². The van der Waals surface area contributed by atoms with Crippen molar-refractivity contribution in [2.75, 3.05) is 0 Å². The lowest BCUT2D eigenvalue weighted by Gasteiger charge is -2.11. The number of carboxylic acid groups (broad SMARTS) is 1. The van der Waals surface area contributed by atoms with Gasteiger partial charge in [-0.1, -0.05) is 19.1 Å². The minimum absolute atomic E-state index is 0.274. The molecule has 0 fully saturated rings. The van der Waals surface area contributed by atoms with Crippen molar-refractivity contribution in [2.45, 2.75) is 39.7 Å². The number of aliphatic carboxylic acids is 1. The largest absolute Gasteiger partial charge is 0.480 e. The Morgan fingerprint density at radius 1 is 1.53 bits per heavy atom. The summed E-state index contributed by atoms with van der Waals surface area (Å²) in [6.45, 7) is 5.53. The number of nitrogens with zero attached hydrogens (tertiary/aromatic N) is 1. The van der Waals surface area contributed by atoms with E-state index in [0.29, 0.717) is 10.6 Å². The molecule has 0 saturated carbocycles. The van der Waals surface area contributed by atoms with E-state index >= 15 is 0 Å². The van der Waals surface area contributed by atoms with Crippen LogP contribution in [-0.2, 0) is 11.2 Å². The number of thiazole rings is 1. The minimum atomic E-state index is -1.04. The number of aryl methyl sites for hydroxylation is 2. The zero-order valence-corrected chi connectivity index (χ0v) is 12.1. The van der Waals surface area contributed by atoms with Crippen molar-refractivity contribution >= 4 is 23.2 Å². The molecule has 1 heterocycles. The standard InChI is InChI=1S/C13H18N2O3S/c1-4-6-7-9(13(17)18)15-12(16)11-8(3)14-10(5-2)19-11/h4,6,9H,5,7H2,1-3H3,(H,15,16)(H,17,18)/b6-4+. The van der Waals surface area contributed by atoms with Gasteiger partial charge in [-0.15, -0.1) is 11.3 Å². The van der Waals surface area contributed by atoms with Crippen molar-refractivity contribution in [3.8, 4) is 0 Å². The van der Waals surface area contributed by atoms with Crippen LogP contribution in [0.3, 0.4) is 0 Å². The predicted octanol–water partition coefficient (Wildman–Crippen LogP) is 2.16. The molecule has 2 N–H and O–H groups in total. The van der Waals surface area contributed by atoms with Crippen LogP contribution in [0.2, 0.25) is 0 Å². The van der Waals surface area contributed by atoms with Crippen LogP contribution < -0.4 is 5.32 Å². The summed E-state index contributed by atoms with van der Waals surface area (Å²) < 4.78 is 0. The second-order valence-corrected chi connectivity index (χ2v) is 5.13. The third-order valence-corrected chi connectivity index (χ3v) is 3.86. The Balaban J connectivity index is 2.81. The quantitative estimate of drug-likeness (QED) is 0.784. The first kappa shape index (κ1) is 15.4. The Morgan fingerprint density at radius 3 is 2.68 bits per heavy atom. The lowest BCUT2D eigenvalue weighted by atomic mass is 10.2. The molecule has 104 valence electrons. The first-order valence-corrected chi connectivity index (χ1v) is 6.92. The summed E-state index contributed by atoms with van der Waals surface area (Å²) in [5.41, 5.74) is 0.648. The smallest absolute Gasteiger partial charge is 0.326 e. The molecule has 1 amide bonds. The van der Waals surface area contributed by atoms with Crippen LogP contribution in [0, 0.1) is 6.92 Å². The topological polar surface area (TPSA) is 79.3 Å². The Hall–Kier alpha value is -1.69. The van der Waals surface area contributed by atoms with Gasteiger partial charge in [-0.2, -0.15) is 0 Å². The molecule has 0 bridgehead atoms. The Morgan fingerprint density at radius 2 is 2.21 bits per heavy atom. The van der Waals surface area contributed by atoms with E-state index in [2.05, 4.69) is 10.3 Å². The number of amides is 1. The van der Waals surface area contributed by atoms with Crippen LogP contribution in [0.25, 0.3) is 0 Å². The Labute approximate surface area is 116 Å². The van der Waals surface area contributed by atoms with Crippen molar-refractivity contribution in [1.29, 1.82) is 0 Å². The van der Waals surface area contributed by atoms with Crippen LogP contribution in [0.5, 0.6) is 0 Å². The first-order valence-electron chi connectivity index (χ1n) is 6.10. The van der Waals surface area contributed by atoms with Gasteiger partial charge in [0.1, 0.15) is 10.9 Å². The van der Waals surface area contributed by atoms with Gasteiger partial charge in [0, 0.05) is 0 Å². The number of hydrogen-bond donors (Lipinski definition) is 2. The molecule has 19 heavy (non-hydrogen) atoms. The van der Waals surface area contributed by atoms with Gasteiger partial charge in [-0.05, 0) is 26.7 Å². The van der Waals surface area contributed by atoms with Gasteiger partial charge < -0.3 is 10.4 Å². The fourth-order valence-electron chi connectivity index (χ4n) is 1.53. The fraction of sp³-hybridized carbons (Fsp3) is 0.462. The highest BCUT2D eigenvalue weighted by atomic mass is 32.1. The number of carboxylic acids is 1. The SMILES string of the molecule is C/C=C/CC(NC(=O)c1sc(CC)nc1C)C(=O)O. The maximum absolute atomic E-state index is 12.0. The molecule has 0 radical (unpaired) electrons. The molecular weight excluding hydrogens is 264 g/mol. The molecule has 1 aromatic rings. The van der Waals surface area contributed by atoms with Crippen molar-refractivity contribution in [2.24, 2.45) is 0 Å². The van der Waals surface area contributed by atoms with Gasteiger partial charge in [0.25, 0.3) is 5.91 Å². The Kier molecular flexibility index (Phi) is 5.69. The van der Waals surface area contributed by atoms with E-state index in [1.54, 1.807) is 19.1 Å². The summed E-state index contributed by atoms with van der Waals surface area (Å²) in [5, 5.41) is 12.5. The van der Waals surface area contributed by atoms with Crippen molar-refractivity contribution in [3.63, 3.8) is 0 Å². The third kappa shape index (κ3) is 4.17. The summed E-state index contributed by atoms with van der Waals surface area (Å²) >= 11 is 1.31. The molecule has 0 saturated heterocycles. The monoisotopic (exact) mass is 282 g/mol. The number of rotatable bonds is 6. The van der Waals surface area contributed by atoms with E-state index in [-0.39, 0.29) is 12.3 Å². The molecule has 0 aromatic carbocycles. The minimum Gasteiger partial charge on any atom is -0.480 e. The van der Waals surface area contributed by atoms with E-state index in [4.69, 9.17) is 5.11 Å². The van der Waals surface area contributed by atoms with Crippen molar-refractivity contribution in [3.05, 3.63) is 27.7 Å². The number of nitrogens with one attached hydrogen (secondary N) is 1. The van der Waals surface area contributed by atoms with Gasteiger partial charge in [0.05, 0.1) is 10.7 Å². The number of carbonyl (C=O) groups is 2. The van der Waals surface area contributed by atoms with Gasteiger partial charge >= 0.3 is 5.97 Å². The number of allylic oxidation sites excluding steroid dienone is 1. The summed E-state index contributed by atoms with van der Waals surface area (Å²) in [4.78, 5) is 27.9. The maximum Gasteiger partial charge on any atom is 0.326 e. The second-order valence-electron chi connectivity index (χ2n) is 4.04. The molecule has 5 nitrogen and oxygen atoms in total. The normalized spacial score (nSPS) is 12.6. The molecule has 1 rings (SSSR count). The van der Waals surface area contributed by atoms with Crippen LogP contribution in [0.4, 0.5) is 0 Å². The summed E-state index contributed by atoms with van der Waals surface area (Å²) in [6, 6.07) is -0.907. The molecule has 0 aliphatic heterocycles. The van der Waals surface area contributed by atoms with Crippen molar-refractivity contribution in [1.82, 2.24) is 10.3 Å². The zero-order valence-electron chi connectivity index (χ0n) is 11.3. The van der Waals surface area contributed by atoms with Crippen LogP contribution in [0.1, 0.15) is 40.6 Å². The molecule has 0 spiro atoms. The Bertz CT molecular complexity index is 494. The third-order valence-electron chi connectivity index (χ3n) is 2.56. The lowest BCUT2D eigenvalue weighted by Crippen LogP contribution is -2.40. The van der Waals surface area contributed by atoms with Gasteiger partial charge in [0.2, 0.25) is 0 Å². The molecule has 6 heteroatoms. The fourth-order valence-corrected chi connectivity index (χ4v) is 2.44. The van der Waals surface area contributed by atoms with Gasteiger partial charge in [0.15, 0.2) is 0 Å². The molecule has 1 aromatic heterocycles. The van der Waals surface area contributed by atoms with Crippen LogP contribution in [0.15, 0.2) is 12.2 Å². The number of hydrogen-bond acceptors (Lipinski definition) is 4. The average Bonchev–Trinajstić information content (AvgIpc) is 2.75. The number of carbonyl (C=O) groups excluding carboxylic acids is 1. The van der Waals surface area contributed by atoms with Gasteiger partial charge in [-0.3, -0.25) is 4.79 Å². The highest BCUT2D eigenvalue weighted by Crippen LogP contribution is 2.18. The first-order chi connectivity index (χ1) is 8.99. The highest BCUT2D eigenvalue weighted by molar-refractivity contribution is 7.13. The predicted molar refractivity (Wildman–Crippen MR) is 74.6 cm³/mol. The zero-order chi connectivity index (χ0) is 14.4. The van der Waals surface area contributed by atoms with E-state index < -0.39 is 12.0 Å². The van der Waals surface area contributed by atoms with E-state index in [9.17, 15) is 9.59 Å². The summed E-state index contributed by atoms with van der Waals surface area (Å²) in [6.07, 6.45) is 4.51.